The van der Waals surface area contributed by atoms with E-state index in [1.807, 2.05) is 19.1 Å². The number of hydrogen-bond donors (Lipinski definition) is 1. The first-order valence-corrected chi connectivity index (χ1v) is 8.19. The van der Waals surface area contributed by atoms with Gasteiger partial charge in [-0.15, -0.1) is 0 Å². The molecule has 0 saturated carbocycles. The van der Waals surface area contributed by atoms with Gasteiger partial charge in [-0.2, -0.15) is 0 Å². The summed E-state index contributed by atoms with van der Waals surface area (Å²) < 4.78 is 15.3. The van der Waals surface area contributed by atoms with E-state index in [4.69, 9.17) is 13.9 Å². The first-order chi connectivity index (χ1) is 13.0. The first kappa shape index (κ1) is 18.2. The van der Waals surface area contributed by atoms with Crippen molar-refractivity contribution in [3.63, 3.8) is 0 Å². The number of fused-ring (bicyclic) bond motifs is 1. The number of hydrogen-bond acceptors (Lipinski definition) is 6. The third-order valence-corrected chi connectivity index (χ3v) is 3.73. The van der Waals surface area contributed by atoms with Crippen LogP contribution in [0.25, 0.3) is 11.0 Å². The van der Waals surface area contributed by atoms with E-state index in [-0.39, 0.29) is 6.61 Å². The van der Waals surface area contributed by atoms with Gasteiger partial charge >= 0.3 is 11.6 Å². The SMILES string of the molecule is Cc1ccccc1NC(=O)COC(=O)COc1ccc2ccc(=O)oc2c1. The Morgan fingerprint density at radius 1 is 1.04 bits per heavy atom. The molecule has 7 nitrogen and oxygen atoms in total. The van der Waals surface area contributed by atoms with Crippen molar-refractivity contribution in [1.29, 1.82) is 0 Å². The second-order valence-corrected chi connectivity index (χ2v) is 5.77. The van der Waals surface area contributed by atoms with Gasteiger partial charge in [0.1, 0.15) is 11.3 Å². The van der Waals surface area contributed by atoms with Crippen LogP contribution in [0.4, 0.5) is 5.69 Å². The van der Waals surface area contributed by atoms with Crippen molar-refractivity contribution in [2.75, 3.05) is 18.5 Å². The quantitative estimate of drug-likeness (QED) is 0.532. The van der Waals surface area contributed by atoms with E-state index in [1.54, 1.807) is 30.3 Å². The largest absolute Gasteiger partial charge is 0.482 e. The van der Waals surface area contributed by atoms with E-state index in [0.717, 1.165) is 10.9 Å². The average molecular weight is 367 g/mol. The van der Waals surface area contributed by atoms with E-state index in [0.29, 0.717) is 17.0 Å². The highest BCUT2D eigenvalue weighted by Crippen LogP contribution is 2.19. The van der Waals surface area contributed by atoms with Crippen LogP contribution in [0.3, 0.4) is 0 Å². The molecule has 2 aromatic carbocycles. The summed E-state index contributed by atoms with van der Waals surface area (Å²) in [6.45, 7) is 1.07. The Morgan fingerprint density at radius 2 is 1.81 bits per heavy atom. The highest BCUT2D eigenvalue weighted by molar-refractivity contribution is 5.93. The van der Waals surface area contributed by atoms with Gasteiger partial charge in [-0.3, -0.25) is 4.79 Å². The fourth-order valence-electron chi connectivity index (χ4n) is 2.36. The summed E-state index contributed by atoms with van der Waals surface area (Å²) in [5.41, 5.74) is 1.45. The molecule has 0 radical (unpaired) electrons. The number of ether oxygens (including phenoxy) is 2. The second kappa shape index (κ2) is 8.18. The van der Waals surface area contributed by atoms with Crippen LogP contribution in [0.5, 0.6) is 5.75 Å². The maximum absolute atomic E-state index is 11.9. The zero-order chi connectivity index (χ0) is 19.2. The minimum absolute atomic E-state index is 0.346. The number of nitrogens with one attached hydrogen (secondary N) is 1. The zero-order valence-electron chi connectivity index (χ0n) is 14.6. The molecule has 138 valence electrons. The molecule has 0 atom stereocenters. The maximum Gasteiger partial charge on any atom is 0.344 e. The van der Waals surface area contributed by atoms with Crippen LogP contribution in [0.15, 0.2) is 63.8 Å². The van der Waals surface area contributed by atoms with Gasteiger partial charge in [-0.1, -0.05) is 18.2 Å². The van der Waals surface area contributed by atoms with Crippen LogP contribution >= 0.6 is 0 Å². The zero-order valence-corrected chi connectivity index (χ0v) is 14.6. The molecule has 0 spiro atoms. The highest BCUT2D eigenvalue weighted by Gasteiger charge is 2.10. The van der Waals surface area contributed by atoms with E-state index in [1.165, 1.54) is 12.1 Å². The summed E-state index contributed by atoms with van der Waals surface area (Å²) in [5, 5.41) is 3.40. The van der Waals surface area contributed by atoms with Crippen LogP contribution in [-0.2, 0) is 14.3 Å². The van der Waals surface area contributed by atoms with Gasteiger partial charge in [0.15, 0.2) is 13.2 Å². The van der Waals surface area contributed by atoms with Gasteiger partial charge in [0.05, 0.1) is 0 Å². The molecule has 0 aliphatic rings. The molecule has 3 aromatic rings. The van der Waals surface area contributed by atoms with Gasteiger partial charge in [-0.05, 0) is 36.8 Å². The Balaban J connectivity index is 1.49. The van der Waals surface area contributed by atoms with Crippen LogP contribution in [0.2, 0.25) is 0 Å². The number of rotatable bonds is 6. The number of aryl methyl sites for hydroxylation is 1. The molecule has 0 unspecified atom stereocenters. The lowest BCUT2D eigenvalue weighted by Crippen LogP contribution is -2.23. The molecule has 0 saturated heterocycles. The van der Waals surface area contributed by atoms with Crippen molar-refractivity contribution in [3.05, 3.63) is 70.6 Å². The number of anilines is 1. The molecule has 7 heteroatoms. The van der Waals surface area contributed by atoms with Gasteiger partial charge in [0.2, 0.25) is 0 Å². The summed E-state index contributed by atoms with van der Waals surface area (Å²) in [5.74, 6) is -0.784. The number of carbonyl (C=O) groups excluding carboxylic acids is 2. The van der Waals surface area contributed by atoms with Gasteiger partial charge < -0.3 is 19.2 Å². The van der Waals surface area contributed by atoms with E-state index < -0.39 is 24.1 Å². The minimum atomic E-state index is -0.690. The smallest absolute Gasteiger partial charge is 0.344 e. The number of amides is 1. The van der Waals surface area contributed by atoms with Gasteiger partial charge in [-0.25, -0.2) is 9.59 Å². The molecule has 1 aromatic heterocycles. The first-order valence-electron chi connectivity index (χ1n) is 8.19. The number of esters is 1. The van der Waals surface area contributed by atoms with Crippen molar-refractivity contribution in [2.24, 2.45) is 0 Å². The topological polar surface area (TPSA) is 94.8 Å². The molecule has 1 N–H and O–H groups in total. The molecule has 1 heterocycles. The fourth-order valence-corrected chi connectivity index (χ4v) is 2.36. The molecular formula is C20H17NO6. The Labute approximate surface area is 154 Å². The molecule has 0 aliphatic carbocycles. The standard InChI is InChI=1S/C20H17NO6/c1-13-4-2-3-5-16(13)21-18(22)11-26-20(24)12-25-15-8-6-14-7-9-19(23)27-17(14)10-15/h2-10H,11-12H2,1H3,(H,21,22). The van der Waals surface area contributed by atoms with E-state index in [2.05, 4.69) is 5.32 Å². The summed E-state index contributed by atoms with van der Waals surface area (Å²) >= 11 is 0. The number of carbonyl (C=O) groups is 2. The van der Waals surface area contributed by atoms with E-state index in [9.17, 15) is 14.4 Å². The highest BCUT2D eigenvalue weighted by atomic mass is 16.6. The summed E-state index contributed by atoms with van der Waals surface area (Å²) in [7, 11) is 0. The number of para-hydroxylation sites is 1. The summed E-state index contributed by atoms with van der Waals surface area (Å²) in [6, 6.07) is 15.1. The van der Waals surface area contributed by atoms with Crippen molar-refractivity contribution in [1.82, 2.24) is 0 Å². The lowest BCUT2D eigenvalue weighted by atomic mass is 10.2. The summed E-state index contributed by atoms with van der Waals surface area (Å²) in [6.07, 6.45) is 0. The van der Waals surface area contributed by atoms with Gasteiger partial charge in [0.25, 0.3) is 5.91 Å². The van der Waals surface area contributed by atoms with Crippen LogP contribution < -0.4 is 15.7 Å². The van der Waals surface area contributed by atoms with Crippen molar-refractivity contribution in [2.45, 2.75) is 6.92 Å². The predicted molar refractivity (Wildman–Crippen MR) is 98.7 cm³/mol. The average Bonchev–Trinajstić information content (AvgIpc) is 2.66. The van der Waals surface area contributed by atoms with Crippen LogP contribution in [0, 0.1) is 6.92 Å². The van der Waals surface area contributed by atoms with Crippen LogP contribution in [0.1, 0.15) is 5.56 Å². The Morgan fingerprint density at radius 3 is 2.63 bits per heavy atom. The molecule has 1 amide bonds. The molecule has 27 heavy (non-hydrogen) atoms. The van der Waals surface area contributed by atoms with Crippen LogP contribution in [-0.4, -0.2) is 25.1 Å². The molecular weight excluding hydrogens is 350 g/mol. The monoisotopic (exact) mass is 367 g/mol. The second-order valence-electron chi connectivity index (χ2n) is 5.77. The van der Waals surface area contributed by atoms with Crippen molar-refractivity contribution < 1.29 is 23.5 Å². The lowest BCUT2D eigenvalue weighted by molar-refractivity contribution is -0.149. The molecule has 0 bridgehead atoms. The Kier molecular flexibility index (Phi) is 5.51. The van der Waals surface area contributed by atoms with Crippen molar-refractivity contribution >= 4 is 28.5 Å². The molecule has 0 aliphatic heterocycles. The van der Waals surface area contributed by atoms with Gasteiger partial charge in [0, 0.05) is 23.2 Å². The fraction of sp³-hybridized carbons (Fsp3) is 0.150. The Bertz CT molecular complexity index is 1040. The third kappa shape index (κ3) is 4.94. The lowest BCUT2D eigenvalue weighted by Gasteiger charge is -2.09. The molecule has 0 fully saturated rings. The predicted octanol–water partition coefficient (Wildman–Crippen LogP) is 2.66. The van der Waals surface area contributed by atoms with E-state index >= 15 is 0 Å². The maximum atomic E-state index is 11.9. The minimum Gasteiger partial charge on any atom is -0.482 e. The summed E-state index contributed by atoms with van der Waals surface area (Å²) in [4.78, 5) is 34.9. The normalized spacial score (nSPS) is 10.4. The molecule has 3 rings (SSSR count). The third-order valence-electron chi connectivity index (χ3n) is 3.73. The number of benzene rings is 2. The Hall–Kier alpha value is -3.61. The van der Waals surface area contributed by atoms with Crippen molar-refractivity contribution in [3.8, 4) is 5.75 Å².